The van der Waals surface area contributed by atoms with E-state index < -0.39 is 5.97 Å². The molecule has 0 unspecified atom stereocenters. The third kappa shape index (κ3) is 1.54. The Morgan fingerprint density at radius 3 is 2.69 bits per heavy atom. The van der Waals surface area contributed by atoms with Crippen LogP contribution in [0.25, 0.3) is 11.0 Å². The first-order chi connectivity index (χ1) is 7.50. The number of aryl methyl sites for hydroxylation is 1. The lowest BCUT2D eigenvalue weighted by Gasteiger charge is -2.07. The summed E-state index contributed by atoms with van der Waals surface area (Å²) in [6.45, 7) is 4.03. The number of fused-ring (bicyclic) bond motifs is 1. The van der Waals surface area contributed by atoms with E-state index >= 15 is 0 Å². The third-order valence-electron chi connectivity index (χ3n) is 2.62. The second-order valence-electron chi connectivity index (χ2n) is 4.11. The van der Waals surface area contributed by atoms with E-state index in [2.05, 4.69) is 10.3 Å². The largest absolute Gasteiger partial charge is 0.478 e. The summed E-state index contributed by atoms with van der Waals surface area (Å²) < 4.78 is 1.49. The maximum Gasteiger partial charge on any atom is 0.337 e. The standard InChI is InChI=1S/C11H13N3O2/c1-6(2)7-4-8(11(15)16)10-9(5-7)12-13-14(10)3/h4-6H,1-3H3,(H,15,16). The Morgan fingerprint density at radius 2 is 2.12 bits per heavy atom. The second-order valence-corrected chi connectivity index (χ2v) is 4.11. The molecule has 0 amide bonds. The zero-order valence-electron chi connectivity index (χ0n) is 9.43. The summed E-state index contributed by atoms with van der Waals surface area (Å²) in [4.78, 5) is 11.2. The molecule has 16 heavy (non-hydrogen) atoms. The molecule has 0 radical (unpaired) electrons. The summed E-state index contributed by atoms with van der Waals surface area (Å²) in [6.07, 6.45) is 0. The van der Waals surface area contributed by atoms with Crippen LogP contribution in [0.5, 0.6) is 0 Å². The van der Waals surface area contributed by atoms with Crippen LogP contribution in [0.1, 0.15) is 35.7 Å². The van der Waals surface area contributed by atoms with Crippen molar-refractivity contribution in [2.45, 2.75) is 19.8 Å². The smallest absolute Gasteiger partial charge is 0.337 e. The van der Waals surface area contributed by atoms with E-state index in [9.17, 15) is 4.79 Å². The maximum absolute atomic E-state index is 11.2. The third-order valence-corrected chi connectivity index (χ3v) is 2.62. The number of aromatic carboxylic acids is 1. The minimum atomic E-state index is -0.946. The molecule has 2 aromatic rings. The average molecular weight is 219 g/mol. The van der Waals surface area contributed by atoms with Gasteiger partial charge in [-0.1, -0.05) is 19.1 Å². The van der Waals surface area contributed by atoms with Crippen LogP contribution >= 0.6 is 0 Å². The number of hydrogen-bond acceptors (Lipinski definition) is 3. The number of carbonyl (C=O) groups is 1. The highest BCUT2D eigenvalue weighted by Crippen LogP contribution is 2.23. The van der Waals surface area contributed by atoms with Gasteiger partial charge in [0.1, 0.15) is 11.0 Å². The molecule has 0 aliphatic carbocycles. The highest BCUT2D eigenvalue weighted by Gasteiger charge is 2.16. The Kier molecular flexibility index (Phi) is 2.38. The van der Waals surface area contributed by atoms with Gasteiger partial charge in [0.2, 0.25) is 0 Å². The Labute approximate surface area is 92.7 Å². The molecule has 0 fully saturated rings. The summed E-state index contributed by atoms with van der Waals surface area (Å²) >= 11 is 0. The van der Waals surface area contributed by atoms with Gasteiger partial charge < -0.3 is 5.11 Å². The van der Waals surface area contributed by atoms with E-state index in [-0.39, 0.29) is 11.5 Å². The SMILES string of the molecule is CC(C)c1cc(C(=O)O)c2c(c1)nnn2C. The molecule has 0 saturated carbocycles. The van der Waals surface area contributed by atoms with Crippen LogP contribution in [0.3, 0.4) is 0 Å². The van der Waals surface area contributed by atoms with Gasteiger partial charge in [0.05, 0.1) is 5.56 Å². The van der Waals surface area contributed by atoms with Gasteiger partial charge in [-0.2, -0.15) is 0 Å². The predicted molar refractivity (Wildman–Crippen MR) is 59.6 cm³/mol. The minimum Gasteiger partial charge on any atom is -0.478 e. The van der Waals surface area contributed by atoms with Crippen LogP contribution in [-0.2, 0) is 7.05 Å². The highest BCUT2D eigenvalue weighted by atomic mass is 16.4. The van der Waals surface area contributed by atoms with Crippen molar-refractivity contribution >= 4 is 17.0 Å². The lowest BCUT2D eigenvalue weighted by Crippen LogP contribution is -2.03. The van der Waals surface area contributed by atoms with Gasteiger partial charge in [-0.05, 0) is 23.6 Å². The maximum atomic E-state index is 11.2. The average Bonchev–Trinajstić information content (AvgIpc) is 2.59. The normalized spacial score (nSPS) is 11.2. The molecule has 5 nitrogen and oxygen atoms in total. The van der Waals surface area contributed by atoms with E-state index in [0.29, 0.717) is 11.0 Å². The molecule has 5 heteroatoms. The number of benzene rings is 1. The Bertz CT molecular complexity index is 558. The number of rotatable bonds is 2. The van der Waals surface area contributed by atoms with Crippen LogP contribution in [0, 0.1) is 0 Å². The summed E-state index contributed by atoms with van der Waals surface area (Å²) in [7, 11) is 1.69. The molecule has 0 bridgehead atoms. The predicted octanol–water partition coefficient (Wildman–Crippen LogP) is 1.79. The van der Waals surface area contributed by atoms with Crippen LogP contribution in [0.4, 0.5) is 0 Å². The summed E-state index contributed by atoms with van der Waals surface area (Å²) in [5, 5.41) is 17.0. The quantitative estimate of drug-likeness (QED) is 0.836. The molecule has 1 heterocycles. The van der Waals surface area contributed by atoms with Crippen LogP contribution in [-0.4, -0.2) is 26.1 Å². The molecular formula is C11H13N3O2. The molecule has 1 N–H and O–H groups in total. The van der Waals surface area contributed by atoms with Gasteiger partial charge in [0.15, 0.2) is 0 Å². The molecule has 84 valence electrons. The molecular weight excluding hydrogens is 206 g/mol. The van der Waals surface area contributed by atoms with Crippen LogP contribution in [0.15, 0.2) is 12.1 Å². The molecule has 0 atom stereocenters. The van der Waals surface area contributed by atoms with E-state index in [1.165, 1.54) is 4.68 Å². The van der Waals surface area contributed by atoms with E-state index in [0.717, 1.165) is 5.56 Å². The monoisotopic (exact) mass is 219 g/mol. The van der Waals surface area contributed by atoms with Crippen molar-refractivity contribution in [3.63, 3.8) is 0 Å². The van der Waals surface area contributed by atoms with E-state index in [1.54, 1.807) is 13.1 Å². The topological polar surface area (TPSA) is 68.0 Å². The van der Waals surface area contributed by atoms with Crippen molar-refractivity contribution in [2.75, 3.05) is 0 Å². The second kappa shape index (κ2) is 3.59. The van der Waals surface area contributed by atoms with Crippen molar-refractivity contribution in [1.82, 2.24) is 15.0 Å². The van der Waals surface area contributed by atoms with Crippen LogP contribution < -0.4 is 0 Å². The molecule has 1 aromatic carbocycles. The van der Waals surface area contributed by atoms with Gasteiger partial charge >= 0.3 is 5.97 Å². The first kappa shape index (κ1) is 10.6. The molecule has 0 spiro atoms. The van der Waals surface area contributed by atoms with Crippen molar-refractivity contribution in [3.8, 4) is 0 Å². The Balaban J connectivity index is 2.81. The Hall–Kier alpha value is -1.91. The number of nitrogens with zero attached hydrogens (tertiary/aromatic N) is 3. The minimum absolute atomic E-state index is 0.258. The zero-order valence-corrected chi connectivity index (χ0v) is 9.43. The molecule has 2 rings (SSSR count). The molecule has 0 aliphatic rings. The summed E-state index contributed by atoms with van der Waals surface area (Å²) in [5.74, 6) is -0.678. The fraction of sp³-hybridized carbons (Fsp3) is 0.364. The van der Waals surface area contributed by atoms with Crippen LogP contribution in [0.2, 0.25) is 0 Å². The highest BCUT2D eigenvalue weighted by molar-refractivity contribution is 6.01. The summed E-state index contributed by atoms with van der Waals surface area (Å²) in [6, 6.07) is 3.58. The van der Waals surface area contributed by atoms with Crippen molar-refractivity contribution in [2.24, 2.45) is 7.05 Å². The fourth-order valence-electron chi connectivity index (χ4n) is 1.71. The first-order valence-corrected chi connectivity index (χ1v) is 5.07. The Morgan fingerprint density at radius 1 is 1.44 bits per heavy atom. The number of carboxylic acid groups (broad SMARTS) is 1. The van der Waals surface area contributed by atoms with Gasteiger partial charge in [-0.25, -0.2) is 9.48 Å². The van der Waals surface area contributed by atoms with Gasteiger partial charge in [-0.3, -0.25) is 0 Å². The van der Waals surface area contributed by atoms with Gasteiger partial charge in [0, 0.05) is 7.05 Å². The van der Waals surface area contributed by atoms with Gasteiger partial charge in [0.25, 0.3) is 0 Å². The lowest BCUT2D eigenvalue weighted by atomic mass is 9.99. The number of hydrogen-bond donors (Lipinski definition) is 1. The van der Waals surface area contributed by atoms with E-state index in [1.807, 2.05) is 19.9 Å². The summed E-state index contributed by atoms with van der Waals surface area (Å²) in [5.41, 5.74) is 2.42. The molecule has 0 saturated heterocycles. The van der Waals surface area contributed by atoms with Crippen molar-refractivity contribution in [3.05, 3.63) is 23.3 Å². The van der Waals surface area contributed by atoms with Gasteiger partial charge in [-0.15, -0.1) is 5.10 Å². The molecule has 0 aliphatic heterocycles. The fourth-order valence-corrected chi connectivity index (χ4v) is 1.71. The van der Waals surface area contributed by atoms with Crippen molar-refractivity contribution in [1.29, 1.82) is 0 Å². The number of aromatic nitrogens is 3. The first-order valence-electron chi connectivity index (χ1n) is 5.07. The van der Waals surface area contributed by atoms with E-state index in [4.69, 9.17) is 5.11 Å². The van der Waals surface area contributed by atoms with Crippen molar-refractivity contribution < 1.29 is 9.90 Å². The molecule has 1 aromatic heterocycles. The number of carboxylic acids is 1. The lowest BCUT2D eigenvalue weighted by molar-refractivity contribution is 0.0698. The zero-order chi connectivity index (χ0) is 11.9.